The first-order valence-corrected chi connectivity index (χ1v) is 8.26. The van der Waals surface area contributed by atoms with Crippen molar-refractivity contribution in [1.29, 1.82) is 0 Å². The Morgan fingerprint density at radius 2 is 1.96 bits per heavy atom. The number of nitrogens with one attached hydrogen (secondary N) is 1. The molecule has 0 saturated heterocycles. The Bertz CT molecular complexity index is 783. The lowest BCUT2D eigenvalue weighted by molar-refractivity contribution is -0.199. The van der Waals surface area contributed by atoms with Crippen molar-refractivity contribution in [3.63, 3.8) is 0 Å². The van der Waals surface area contributed by atoms with Gasteiger partial charge in [0.15, 0.2) is 5.82 Å². The molecule has 0 bridgehead atoms. The normalized spacial score (nSPS) is 24.2. The maximum Gasteiger partial charge on any atom is 0.391 e. The van der Waals surface area contributed by atoms with Crippen molar-refractivity contribution in [3.8, 4) is 0 Å². The fourth-order valence-corrected chi connectivity index (χ4v) is 3.36. The number of para-hydroxylation sites is 1. The van der Waals surface area contributed by atoms with Gasteiger partial charge in [-0.3, -0.25) is 0 Å². The van der Waals surface area contributed by atoms with E-state index in [1.807, 2.05) is 0 Å². The van der Waals surface area contributed by atoms with Crippen molar-refractivity contribution in [3.05, 3.63) is 30.1 Å². The number of alkyl halides is 5. The van der Waals surface area contributed by atoms with E-state index >= 15 is 0 Å². The van der Waals surface area contributed by atoms with Gasteiger partial charge in [-0.05, 0) is 37.8 Å². The molecule has 2 aromatic rings. The number of benzene rings is 1. The molecule has 1 aromatic carbocycles. The first kappa shape index (κ1) is 18.8. The second-order valence-corrected chi connectivity index (χ2v) is 6.66. The summed E-state index contributed by atoms with van der Waals surface area (Å²) in [6.07, 6.45) is -7.23. The molecule has 0 spiro atoms. The molecule has 1 heterocycles. The van der Waals surface area contributed by atoms with Crippen LogP contribution in [0, 0.1) is 5.92 Å². The van der Waals surface area contributed by atoms with Gasteiger partial charge in [-0.15, -0.1) is 0 Å². The minimum Gasteiger partial charge on any atom is -0.388 e. The lowest BCUT2D eigenvalue weighted by Gasteiger charge is -2.37. The van der Waals surface area contributed by atoms with Crippen LogP contribution in [0.2, 0.25) is 0 Å². The predicted octanol–water partition coefficient (Wildman–Crippen LogP) is 4.46. The molecule has 4 nitrogen and oxygen atoms in total. The molecule has 0 aliphatic heterocycles. The van der Waals surface area contributed by atoms with Crippen molar-refractivity contribution < 1.29 is 27.1 Å². The smallest absolute Gasteiger partial charge is 0.388 e. The highest BCUT2D eigenvalue weighted by Crippen LogP contribution is 2.41. The van der Waals surface area contributed by atoms with Crippen molar-refractivity contribution >= 4 is 16.7 Å². The molecular formula is C17H18F5N3O. The third-order valence-corrected chi connectivity index (χ3v) is 4.68. The topological polar surface area (TPSA) is 58.0 Å². The van der Waals surface area contributed by atoms with Gasteiger partial charge in [0, 0.05) is 11.9 Å². The summed E-state index contributed by atoms with van der Waals surface area (Å²) in [7, 11) is 0. The van der Waals surface area contributed by atoms with Gasteiger partial charge in [0.1, 0.15) is 5.82 Å². The minimum atomic E-state index is -4.36. The van der Waals surface area contributed by atoms with Crippen LogP contribution in [0.3, 0.4) is 0 Å². The summed E-state index contributed by atoms with van der Waals surface area (Å²) >= 11 is 0. The van der Waals surface area contributed by atoms with Gasteiger partial charge in [-0.1, -0.05) is 12.1 Å². The summed E-state index contributed by atoms with van der Waals surface area (Å²) in [6, 6.07) is 6.48. The highest BCUT2D eigenvalue weighted by molar-refractivity contribution is 5.89. The third-order valence-electron chi connectivity index (χ3n) is 4.68. The monoisotopic (exact) mass is 375 g/mol. The summed E-state index contributed by atoms with van der Waals surface area (Å²) in [4.78, 5) is 7.56. The highest BCUT2D eigenvalue weighted by Gasteiger charge is 2.46. The van der Waals surface area contributed by atoms with Gasteiger partial charge >= 0.3 is 6.18 Å². The van der Waals surface area contributed by atoms with Gasteiger partial charge in [0.05, 0.1) is 17.0 Å². The molecule has 142 valence electrons. The Kier molecular flexibility index (Phi) is 5.01. The predicted molar refractivity (Wildman–Crippen MR) is 85.9 cm³/mol. The molecule has 1 fully saturated rings. The van der Waals surface area contributed by atoms with Gasteiger partial charge in [0.25, 0.3) is 6.43 Å². The third kappa shape index (κ3) is 4.03. The Labute approximate surface area is 146 Å². The standard InChI is InChI=1S/C17H18F5N3O/c18-13(19)15-24-12-6-2-1-5-11(12)14(25-15)23-9-16(26)7-3-4-10(8-16)17(20,21)22/h1-2,5-6,10,13,26H,3-4,7-9H2,(H,23,24,25). The number of hydrogen-bond acceptors (Lipinski definition) is 4. The van der Waals surface area contributed by atoms with Crippen LogP contribution in [0.1, 0.15) is 37.9 Å². The molecule has 2 unspecified atom stereocenters. The quantitative estimate of drug-likeness (QED) is 0.775. The zero-order valence-electron chi connectivity index (χ0n) is 13.7. The van der Waals surface area contributed by atoms with Crippen molar-refractivity contribution in [2.45, 2.75) is 43.9 Å². The number of rotatable bonds is 4. The summed E-state index contributed by atoms with van der Waals surface area (Å²) in [5.41, 5.74) is -1.28. The number of aliphatic hydroxyl groups is 1. The Hall–Kier alpha value is -2.03. The zero-order valence-corrected chi connectivity index (χ0v) is 13.7. The largest absolute Gasteiger partial charge is 0.391 e. The van der Waals surface area contributed by atoms with Gasteiger partial charge in [-0.25, -0.2) is 18.7 Å². The van der Waals surface area contributed by atoms with Crippen molar-refractivity contribution in [2.75, 3.05) is 11.9 Å². The van der Waals surface area contributed by atoms with Crippen LogP contribution < -0.4 is 5.32 Å². The summed E-state index contributed by atoms with van der Waals surface area (Å²) in [6.45, 7) is -0.205. The number of anilines is 1. The molecule has 2 atom stereocenters. The zero-order chi connectivity index (χ0) is 18.9. The van der Waals surface area contributed by atoms with Crippen LogP contribution in [-0.4, -0.2) is 33.4 Å². The van der Waals surface area contributed by atoms with Gasteiger partial charge < -0.3 is 10.4 Å². The Morgan fingerprint density at radius 1 is 1.23 bits per heavy atom. The maximum atomic E-state index is 13.0. The molecule has 0 radical (unpaired) electrons. The van der Waals surface area contributed by atoms with Crippen LogP contribution in [0.4, 0.5) is 27.8 Å². The first-order chi connectivity index (χ1) is 12.2. The van der Waals surface area contributed by atoms with Crippen LogP contribution >= 0.6 is 0 Å². The highest BCUT2D eigenvalue weighted by atomic mass is 19.4. The van der Waals surface area contributed by atoms with Crippen LogP contribution in [0.5, 0.6) is 0 Å². The fraction of sp³-hybridized carbons (Fsp3) is 0.529. The molecule has 2 N–H and O–H groups in total. The number of aromatic nitrogens is 2. The molecule has 26 heavy (non-hydrogen) atoms. The van der Waals surface area contributed by atoms with E-state index in [1.54, 1.807) is 24.3 Å². The molecule has 1 aromatic heterocycles. The lowest BCUT2D eigenvalue weighted by Crippen LogP contribution is -2.45. The SMILES string of the molecule is OC1(CNc2nc(C(F)F)nc3ccccc23)CCCC(C(F)(F)F)C1. The van der Waals surface area contributed by atoms with Crippen LogP contribution in [0.15, 0.2) is 24.3 Å². The Morgan fingerprint density at radius 3 is 2.65 bits per heavy atom. The van der Waals surface area contributed by atoms with Gasteiger partial charge in [-0.2, -0.15) is 13.2 Å². The molecule has 0 amide bonds. The van der Waals surface area contributed by atoms with Crippen LogP contribution in [0.25, 0.3) is 10.9 Å². The summed E-state index contributed by atoms with van der Waals surface area (Å²) in [5, 5.41) is 13.8. The number of halogens is 5. The summed E-state index contributed by atoms with van der Waals surface area (Å²) in [5.74, 6) is -2.16. The van der Waals surface area contributed by atoms with E-state index < -0.39 is 36.4 Å². The van der Waals surface area contributed by atoms with Crippen molar-refractivity contribution in [1.82, 2.24) is 9.97 Å². The Balaban J connectivity index is 1.82. The lowest BCUT2D eigenvalue weighted by atomic mass is 9.77. The molecule has 1 aliphatic rings. The second-order valence-electron chi connectivity index (χ2n) is 6.66. The first-order valence-electron chi connectivity index (χ1n) is 8.26. The number of nitrogens with zero attached hydrogens (tertiary/aromatic N) is 2. The van der Waals surface area contributed by atoms with E-state index in [0.717, 1.165) is 0 Å². The number of hydrogen-bond donors (Lipinski definition) is 2. The van der Waals surface area contributed by atoms with Crippen LogP contribution in [-0.2, 0) is 0 Å². The maximum absolute atomic E-state index is 13.0. The number of fused-ring (bicyclic) bond motifs is 1. The van der Waals surface area contributed by atoms with E-state index in [4.69, 9.17) is 0 Å². The minimum absolute atomic E-state index is 0.0161. The van der Waals surface area contributed by atoms with Crippen molar-refractivity contribution in [2.24, 2.45) is 5.92 Å². The molecule has 9 heteroatoms. The molecule has 1 aliphatic carbocycles. The van der Waals surface area contributed by atoms with E-state index in [1.165, 1.54) is 0 Å². The van der Waals surface area contributed by atoms with E-state index in [2.05, 4.69) is 15.3 Å². The molecule has 3 rings (SSSR count). The second kappa shape index (κ2) is 6.94. The van der Waals surface area contributed by atoms with E-state index in [-0.39, 0.29) is 31.6 Å². The average molecular weight is 375 g/mol. The van der Waals surface area contributed by atoms with Gasteiger partial charge in [0.2, 0.25) is 0 Å². The summed E-state index contributed by atoms with van der Waals surface area (Å²) < 4.78 is 64.9. The van der Waals surface area contributed by atoms with E-state index in [0.29, 0.717) is 10.9 Å². The van der Waals surface area contributed by atoms with E-state index in [9.17, 15) is 27.1 Å². The average Bonchev–Trinajstić information content (AvgIpc) is 2.58. The molecule has 1 saturated carbocycles. The molecular weight excluding hydrogens is 357 g/mol. The fourth-order valence-electron chi connectivity index (χ4n) is 3.36.